The molecular formula is C16H22N2O3. The molecule has 0 bridgehead atoms. The zero-order valence-electron chi connectivity index (χ0n) is 12.5. The van der Waals surface area contributed by atoms with Gasteiger partial charge in [0.2, 0.25) is 5.91 Å². The first-order valence-electron chi connectivity index (χ1n) is 7.35. The summed E-state index contributed by atoms with van der Waals surface area (Å²) in [5.74, 6) is -0.200. The quantitative estimate of drug-likeness (QED) is 0.894. The molecule has 5 heteroatoms. The molecule has 114 valence electrons. The molecule has 1 aromatic carbocycles. The highest BCUT2D eigenvalue weighted by molar-refractivity contribution is 5.95. The van der Waals surface area contributed by atoms with Crippen molar-refractivity contribution < 1.29 is 14.7 Å². The van der Waals surface area contributed by atoms with E-state index in [2.05, 4.69) is 5.32 Å². The predicted octanol–water partition coefficient (Wildman–Crippen LogP) is 2.02. The smallest absolute Gasteiger partial charge is 0.254 e. The third-order valence-electron chi connectivity index (χ3n) is 3.82. The summed E-state index contributed by atoms with van der Waals surface area (Å²) in [6.45, 7) is 3.86. The van der Waals surface area contributed by atoms with E-state index in [0.717, 1.165) is 19.3 Å². The molecule has 0 aliphatic carbocycles. The van der Waals surface area contributed by atoms with Gasteiger partial charge in [-0.25, -0.2) is 0 Å². The Bertz CT molecular complexity index is 511. The zero-order chi connectivity index (χ0) is 15.4. The summed E-state index contributed by atoms with van der Waals surface area (Å²) in [6.07, 6.45) is 2.33. The minimum absolute atomic E-state index is 0.0602. The van der Waals surface area contributed by atoms with Gasteiger partial charge in [0.15, 0.2) is 0 Å². The van der Waals surface area contributed by atoms with E-state index < -0.39 is 6.10 Å². The molecule has 0 spiro atoms. The van der Waals surface area contributed by atoms with Crippen molar-refractivity contribution in [3.63, 3.8) is 0 Å². The molecule has 0 radical (unpaired) electrons. The molecule has 1 aromatic rings. The van der Waals surface area contributed by atoms with Gasteiger partial charge in [0.25, 0.3) is 5.91 Å². The Morgan fingerprint density at radius 1 is 1.29 bits per heavy atom. The molecule has 21 heavy (non-hydrogen) atoms. The lowest BCUT2D eigenvalue weighted by atomic mass is 9.97. The maximum absolute atomic E-state index is 12.6. The average molecular weight is 290 g/mol. The molecule has 2 N–H and O–H groups in total. The van der Waals surface area contributed by atoms with Crippen LogP contribution in [0.2, 0.25) is 0 Å². The van der Waals surface area contributed by atoms with Gasteiger partial charge in [0.1, 0.15) is 0 Å². The van der Waals surface area contributed by atoms with E-state index in [4.69, 9.17) is 0 Å². The van der Waals surface area contributed by atoms with Gasteiger partial charge in [0, 0.05) is 24.7 Å². The minimum Gasteiger partial charge on any atom is -0.391 e. The van der Waals surface area contributed by atoms with Crippen LogP contribution in [0.3, 0.4) is 0 Å². The van der Waals surface area contributed by atoms with Crippen LogP contribution in [0.4, 0.5) is 5.69 Å². The number of amides is 2. The van der Waals surface area contributed by atoms with Crippen LogP contribution in [0.1, 0.15) is 43.5 Å². The maximum atomic E-state index is 12.6. The van der Waals surface area contributed by atoms with Crippen molar-refractivity contribution in [3.05, 3.63) is 29.8 Å². The Balaban J connectivity index is 2.12. The Hall–Kier alpha value is -1.88. The van der Waals surface area contributed by atoms with Gasteiger partial charge < -0.3 is 15.3 Å². The first-order valence-corrected chi connectivity index (χ1v) is 7.35. The van der Waals surface area contributed by atoms with Gasteiger partial charge in [0.05, 0.1) is 12.1 Å². The average Bonchev–Trinajstić information content (AvgIpc) is 2.46. The molecule has 0 aromatic heterocycles. The fourth-order valence-electron chi connectivity index (χ4n) is 2.78. The summed E-state index contributed by atoms with van der Waals surface area (Å²) >= 11 is 0. The summed E-state index contributed by atoms with van der Waals surface area (Å²) in [4.78, 5) is 25.3. The van der Waals surface area contributed by atoms with Crippen molar-refractivity contribution in [3.8, 4) is 0 Å². The van der Waals surface area contributed by atoms with Crippen LogP contribution in [0.25, 0.3) is 0 Å². The fourth-order valence-corrected chi connectivity index (χ4v) is 2.78. The molecule has 1 heterocycles. The first-order chi connectivity index (χ1) is 9.99. The highest BCUT2D eigenvalue weighted by Crippen LogP contribution is 2.22. The lowest BCUT2D eigenvalue weighted by Gasteiger charge is -2.37. The second-order valence-corrected chi connectivity index (χ2v) is 5.56. The molecular weight excluding hydrogens is 268 g/mol. The van der Waals surface area contributed by atoms with Crippen LogP contribution in [0.5, 0.6) is 0 Å². The van der Waals surface area contributed by atoms with Crippen molar-refractivity contribution in [1.82, 2.24) is 4.90 Å². The number of benzene rings is 1. The molecule has 0 saturated carbocycles. The number of piperidine rings is 1. The lowest BCUT2D eigenvalue weighted by molar-refractivity contribution is -0.114. The van der Waals surface area contributed by atoms with E-state index in [0.29, 0.717) is 17.8 Å². The molecule has 1 aliphatic heterocycles. The van der Waals surface area contributed by atoms with Crippen LogP contribution in [0.15, 0.2) is 24.3 Å². The highest BCUT2D eigenvalue weighted by Gasteiger charge is 2.30. The van der Waals surface area contributed by atoms with Gasteiger partial charge in [-0.2, -0.15) is 0 Å². The molecule has 5 nitrogen and oxygen atoms in total. The van der Waals surface area contributed by atoms with E-state index in [1.165, 1.54) is 6.92 Å². The number of nitrogens with zero attached hydrogens (tertiary/aromatic N) is 1. The number of hydrogen-bond donors (Lipinski definition) is 2. The van der Waals surface area contributed by atoms with E-state index >= 15 is 0 Å². The first kappa shape index (κ1) is 15.5. The molecule has 1 fully saturated rings. The topological polar surface area (TPSA) is 69.6 Å². The minimum atomic E-state index is -0.520. The van der Waals surface area contributed by atoms with Crippen molar-refractivity contribution in [2.24, 2.45) is 0 Å². The number of carbonyl (C=O) groups excluding carboxylic acids is 2. The van der Waals surface area contributed by atoms with Crippen LogP contribution >= 0.6 is 0 Å². The molecule has 1 saturated heterocycles. The Kier molecular flexibility index (Phi) is 4.96. The third-order valence-corrected chi connectivity index (χ3v) is 3.82. The van der Waals surface area contributed by atoms with Crippen LogP contribution in [0, 0.1) is 0 Å². The number of carbonyl (C=O) groups is 2. The van der Waals surface area contributed by atoms with Gasteiger partial charge in [-0.15, -0.1) is 0 Å². The lowest BCUT2D eigenvalue weighted by Crippen LogP contribution is -2.48. The molecule has 2 amide bonds. The zero-order valence-corrected chi connectivity index (χ0v) is 12.5. The molecule has 0 unspecified atom stereocenters. The fraction of sp³-hybridized carbons (Fsp3) is 0.500. The van der Waals surface area contributed by atoms with Gasteiger partial charge in [-0.1, -0.05) is 0 Å². The number of likely N-dealkylation sites (tertiary alicyclic amines) is 1. The molecule has 1 aliphatic rings. The van der Waals surface area contributed by atoms with E-state index in [1.807, 2.05) is 0 Å². The second-order valence-electron chi connectivity index (χ2n) is 5.56. The van der Waals surface area contributed by atoms with Crippen LogP contribution in [-0.4, -0.2) is 40.5 Å². The third kappa shape index (κ3) is 3.82. The van der Waals surface area contributed by atoms with Crippen molar-refractivity contribution in [2.45, 2.75) is 45.3 Å². The van der Waals surface area contributed by atoms with E-state index in [1.54, 1.807) is 36.1 Å². The summed E-state index contributed by atoms with van der Waals surface area (Å²) in [6, 6.07) is 6.75. The predicted molar refractivity (Wildman–Crippen MR) is 81.1 cm³/mol. The van der Waals surface area contributed by atoms with Crippen molar-refractivity contribution in [2.75, 3.05) is 11.9 Å². The van der Waals surface area contributed by atoms with Crippen molar-refractivity contribution in [1.29, 1.82) is 0 Å². The summed E-state index contributed by atoms with van der Waals surface area (Å²) in [5, 5.41) is 12.5. The summed E-state index contributed by atoms with van der Waals surface area (Å²) in [5.41, 5.74) is 1.25. The monoisotopic (exact) mass is 290 g/mol. The van der Waals surface area contributed by atoms with E-state index in [9.17, 15) is 14.7 Å². The number of rotatable bonds is 3. The van der Waals surface area contributed by atoms with Gasteiger partial charge in [-0.3, -0.25) is 9.59 Å². The normalized spacial score (nSPS) is 20.0. The largest absolute Gasteiger partial charge is 0.391 e. The highest BCUT2D eigenvalue weighted by atomic mass is 16.3. The van der Waals surface area contributed by atoms with Crippen molar-refractivity contribution >= 4 is 17.5 Å². The standard InChI is InChI=1S/C16H22N2O3/c1-11(19)15-5-3-4-10-18(15)16(21)13-6-8-14(9-7-13)17-12(2)20/h6-9,11,15,19H,3-5,10H2,1-2H3,(H,17,20)/t11-,15-/m1/s1. The maximum Gasteiger partial charge on any atom is 0.254 e. The summed E-state index contributed by atoms with van der Waals surface area (Å²) < 4.78 is 0. The molecule has 2 rings (SSSR count). The number of aliphatic hydroxyl groups is 1. The second kappa shape index (κ2) is 6.72. The number of aliphatic hydroxyl groups excluding tert-OH is 1. The number of anilines is 1. The SMILES string of the molecule is CC(=O)Nc1ccc(C(=O)N2CCCC[C@@H]2[C@@H](C)O)cc1. The van der Waals surface area contributed by atoms with Crippen LogP contribution in [-0.2, 0) is 4.79 Å². The Labute approximate surface area is 125 Å². The molecule has 2 atom stereocenters. The number of hydrogen-bond acceptors (Lipinski definition) is 3. The van der Waals surface area contributed by atoms with Gasteiger partial charge >= 0.3 is 0 Å². The number of nitrogens with one attached hydrogen (secondary N) is 1. The van der Waals surface area contributed by atoms with E-state index in [-0.39, 0.29) is 17.9 Å². The van der Waals surface area contributed by atoms with Gasteiger partial charge in [-0.05, 0) is 50.5 Å². The van der Waals surface area contributed by atoms with Crippen LogP contribution < -0.4 is 5.32 Å². The Morgan fingerprint density at radius 2 is 1.95 bits per heavy atom. The summed E-state index contributed by atoms with van der Waals surface area (Å²) in [7, 11) is 0. The Morgan fingerprint density at radius 3 is 2.52 bits per heavy atom.